The molecule has 3 aromatic carbocycles. The van der Waals surface area contributed by atoms with Crippen molar-refractivity contribution in [2.75, 3.05) is 19.5 Å². The number of allylic oxidation sites excluding steroid dienone is 1. The highest BCUT2D eigenvalue weighted by Crippen LogP contribution is 2.38. The van der Waals surface area contributed by atoms with Crippen LogP contribution in [0.3, 0.4) is 0 Å². The molecule has 220 valence electrons. The van der Waals surface area contributed by atoms with E-state index in [4.69, 9.17) is 24.3 Å². The van der Waals surface area contributed by atoms with E-state index in [9.17, 15) is 9.59 Å². The van der Waals surface area contributed by atoms with Crippen LogP contribution in [0.1, 0.15) is 16.1 Å². The zero-order valence-corrected chi connectivity index (χ0v) is 23.5. The lowest BCUT2D eigenvalue weighted by Crippen LogP contribution is -2.25. The molecule has 43 heavy (non-hydrogen) atoms. The van der Waals surface area contributed by atoms with Gasteiger partial charge in [-0.3, -0.25) is 19.3 Å². The number of hydrogen-bond donors (Lipinski definition) is 1. The molecular weight excluding hydrogens is 559 g/mol. The minimum absolute atomic E-state index is 0.0689. The number of carbonyl (C=O) groups excluding carboxylic acids is 1. The van der Waals surface area contributed by atoms with Gasteiger partial charge in [-0.25, -0.2) is 9.07 Å². The predicted octanol–water partition coefficient (Wildman–Crippen LogP) is 5.75. The van der Waals surface area contributed by atoms with Crippen molar-refractivity contribution in [2.45, 2.75) is 13.5 Å². The van der Waals surface area contributed by atoms with Gasteiger partial charge in [-0.15, -0.1) is 6.58 Å². The smallest absolute Gasteiger partial charge is 0.284 e. The Labute approximate surface area is 245 Å². The maximum atomic E-state index is 15.2. The van der Waals surface area contributed by atoms with Gasteiger partial charge in [0.2, 0.25) is 11.5 Å². The van der Waals surface area contributed by atoms with E-state index in [0.717, 1.165) is 6.07 Å². The molecule has 2 aromatic heterocycles. The van der Waals surface area contributed by atoms with Crippen molar-refractivity contribution >= 4 is 22.5 Å². The summed E-state index contributed by atoms with van der Waals surface area (Å²) in [5.74, 6) is -0.890. The molecule has 2 heterocycles. The van der Waals surface area contributed by atoms with Crippen LogP contribution in [0.25, 0.3) is 16.6 Å². The molecule has 0 radical (unpaired) electrons. The number of halogens is 1. The highest BCUT2D eigenvalue weighted by Gasteiger charge is 2.24. The monoisotopic (exact) mass is 586 g/mol. The van der Waals surface area contributed by atoms with Gasteiger partial charge in [-0.2, -0.15) is 9.78 Å². The Bertz CT molecular complexity index is 1870. The maximum absolute atomic E-state index is 15.2. The largest absolute Gasteiger partial charge is 0.454 e. The van der Waals surface area contributed by atoms with Gasteiger partial charge in [-0.1, -0.05) is 24.3 Å². The summed E-state index contributed by atoms with van der Waals surface area (Å²) in [6, 6.07) is 17.5. The number of hydrogen-bond acceptors (Lipinski definition) is 8. The van der Waals surface area contributed by atoms with Crippen LogP contribution in [0.5, 0.6) is 23.0 Å². The lowest BCUT2D eigenvalue weighted by atomic mass is 10.2. The molecule has 0 fully saturated rings. The molecule has 0 aliphatic heterocycles. The molecule has 12 heteroatoms. The third-order valence-electron chi connectivity index (χ3n) is 6.45. The lowest BCUT2D eigenvalue weighted by Gasteiger charge is -2.13. The minimum atomic E-state index is -0.752. The summed E-state index contributed by atoms with van der Waals surface area (Å²) in [6.07, 6.45) is 3.12. The number of ether oxygens (including phenoxy) is 1. The van der Waals surface area contributed by atoms with Gasteiger partial charge in [0.1, 0.15) is 11.3 Å². The number of amides is 1. The summed E-state index contributed by atoms with van der Waals surface area (Å²) in [7, 11) is 2.66. The second kappa shape index (κ2) is 12.6. The number of nitrogens with one attached hydrogen (secondary N) is 1. The van der Waals surface area contributed by atoms with Crippen LogP contribution >= 0.6 is 0 Å². The molecule has 0 spiro atoms. The first-order chi connectivity index (χ1) is 20.9. The van der Waals surface area contributed by atoms with Crippen molar-refractivity contribution in [3.8, 4) is 28.7 Å². The van der Waals surface area contributed by atoms with Crippen LogP contribution in [0.2, 0.25) is 0 Å². The standard InChI is InChI=1S/C31H27FN4O7/c1-5-15-35-19(2)29(31(38)36(35)21-9-7-6-8-10-21)30(37)34-20-11-12-26(23(32)16-20)41-25-13-14-33-24-18-28(43-40-4)27(42-39-3)17-22(24)25/h5-14,16-18H,1,15H2,2-4H3,(H,34,37). The normalized spacial score (nSPS) is 10.9. The molecule has 0 saturated carbocycles. The van der Waals surface area contributed by atoms with Gasteiger partial charge in [0.15, 0.2) is 11.6 Å². The first kappa shape index (κ1) is 29.0. The second-order valence-corrected chi connectivity index (χ2v) is 9.11. The fraction of sp³-hybridized carbons (Fsp3) is 0.129. The van der Waals surface area contributed by atoms with Gasteiger partial charge in [0.25, 0.3) is 11.5 Å². The van der Waals surface area contributed by atoms with E-state index in [1.54, 1.807) is 60.1 Å². The van der Waals surface area contributed by atoms with E-state index in [1.165, 1.54) is 37.2 Å². The van der Waals surface area contributed by atoms with Crippen LogP contribution in [-0.4, -0.2) is 34.5 Å². The zero-order valence-electron chi connectivity index (χ0n) is 23.5. The Balaban J connectivity index is 1.42. The maximum Gasteiger partial charge on any atom is 0.284 e. The average Bonchev–Trinajstić information content (AvgIpc) is 3.24. The van der Waals surface area contributed by atoms with E-state index in [1.807, 2.05) is 6.07 Å². The molecule has 5 rings (SSSR count). The lowest BCUT2D eigenvalue weighted by molar-refractivity contribution is -0.201. The van der Waals surface area contributed by atoms with Crippen molar-refractivity contribution in [3.63, 3.8) is 0 Å². The minimum Gasteiger partial charge on any atom is -0.454 e. The van der Waals surface area contributed by atoms with Crippen molar-refractivity contribution in [2.24, 2.45) is 0 Å². The Kier molecular flexibility index (Phi) is 8.51. The molecule has 0 atom stereocenters. The summed E-state index contributed by atoms with van der Waals surface area (Å²) < 4.78 is 24.2. The van der Waals surface area contributed by atoms with Crippen molar-refractivity contribution in [1.29, 1.82) is 0 Å². The molecule has 0 saturated heterocycles. The quantitative estimate of drug-likeness (QED) is 0.118. The highest BCUT2D eigenvalue weighted by atomic mass is 19.1. The van der Waals surface area contributed by atoms with Crippen LogP contribution in [0.4, 0.5) is 10.1 Å². The number of fused-ring (bicyclic) bond motifs is 1. The number of aromatic nitrogens is 3. The molecule has 0 aliphatic carbocycles. The highest BCUT2D eigenvalue weighted by molar-refractivity contribution is 6.05. The first-order valence-corrected chi connectivity index (χ1v) is 13.0. The molecule has 11 nitrogen and oxygen atoms in total. The van der Waals surface area contributed by atoms with E-state index in [-0.39, 0.29) is 34.2 Å². The Morgan fingerprint density at radius 2 is 1.70 bits per heavy atom. The molecule has 5 aromatic rings. The fourth-order valence-electron chi connectivity index (χ4n) is 4.58. The molecule has 1 N–H and O–H groups in total. The van der Waals surface area contributed by atoms with Gasteiger partial charge in [0, 0.05) is 35.5 Å². The van der Waals surface area contributed by atoms with Gasteiger partial charge in [-0.05, 0) is 37.3 Å². The number of carbonyl (C=O) groups is 1. The molecule has 0 bridgehead atoms. The van der Waals surface area contributed by atoms with Crippen LogP contribution in [0.15, 0.2) is 90.4 Å². The van der Waals surface area contributed by atoms with Gasteiger partial charge >= 0.3 is 0 Å². The summed E-state index contributed by atoms with van der Waals surface area (Å²) in [5, 5.41) is 3.10. The number of anilines is 1. The summed E-state index contributed by atoms with van der Waals surface area (Å²) in [4.78, 5) is 50.7. The number of rotatable bonds is 11. The second-order valence-electron chi connectivity index (χ2n) is 9.11. The summed E-state index contributed by atoms with van der Waals surface area (Å²) in [6.45, 7) is 5.72. The molecule has 0 aliphatic rings. The third-order valence-corrected chi connectivity index (χ3v) is 6.45. The Morgan fingerprint density at radius 3 is 2.37 bits per heavy atom. The van der Waals surface area contributed by atoms with Crippen molar-refractivity contribution < 1.29 is 33.5 Å². The van der Waals surface area contributed by atoms with E-state index in [0.29, 0.717) is 28.8 Å². The molecular formula is C31H27FN4O7. The number of benzene rings is 3. The summed E-state index contributed by atoms with van der Waals surface area (Å²) >= 11 is 0. The average molecular weight is 587 g/mol. The molecule has 0 unspecified atom stereocenters. The van der Waals surface area contributed by atoms with Crippen LogP contribution < -0.4 is 25.4 Å². The first-order valence-electron chi connectivity index (χ1n) is 13.0. The summed E-state index contributed by atoms with van der Waals surface area (Å²) in [5.41, 5.74) is 1.04. The Hall–Kier alpha value is -5.46. The third kappa shape index (κ3) is 5.82. The Morgan fingerprint density at radius 1 is 0.977 bits per heavy atom. The van der Waals surface area contributed by atoms with Gasteiger partial charge in [0.05, 0.1) is 37.7 Å². The van der Waals surface area contributed by atoms with E-state index < -0.39 is 17.3 Å². The van der Waals surface area contributed by atoms with Crippen LogP contribution in [-0.2, 0) is 16.3 Å². The van der Waals surface area contributed by atoms with Gasteiger partial charge < -0.3 is 19.8 Å². The zero-order chi connectivity index (χ0) is 30.5. The van der Waals surface area contributed by atoms with E-state index >= 15 is 4.39 Å². The van der Waals surface area contributed by atoms with E-state index in [2.05, 4.69) is 16.9 Å². The number of para-hydroxylation sites is 1. The SMILES string of the molecule is C=CCn1c(C)c(C(=O)Nc2ccc(Oc3ccnc4cc(OOC)c(OOC)cc34)c(F)c2)c(=O)n1-c1ccccc1. The fourth-order valence-corrected chi connectivity index (χ4v) is 4.58. The van der Waals surface area contributed by atoms with Crippen molar-refractivity contribution in [3.05, 3.63) is 113 Å². The predicted molar refractivity (Wildman–Crippen MR) is 156 cm³/mol. The number of pyridine rings is 1. The topological polar surface area (TPSA) is 115 Å². The van der Waals surface area contributed by atoms with Crippen LogP contribution in [0, 0.1) is 12.7 Å². The molecule has 1 amide bonds. The number of nitrogens with zero attached hydrogens (tertiary/aromatic N) is 3. The van der Waals surface area contributed by atoms with Crippen molar-refractivity contribution in [1.82, 2.24) is 14.3 Å².